The van der Waals surface area contributed by atoms with Gasteiger partial charge in [-0.2, -0.15) is 0 Å². The number of rotatable bonds is 6. The molecule has 0 spiro atoms. The predicted octanol–water partition coefficient (Wildman–Crippen LogP) is 2.58. The van der Waals surface area contributed by atoms with Gasteiger partial charge in [0.2, 0.25) is 5.91 Å². The van der Waals surface area contributed by atoms with Crippen LogP contribution < -0.4 is 5.32 Å². The number of para-hydroxylation sites is 1. The molecule has 0 unspecified atom stereocenters. The third-order valence-corrected chi connectivity index (χ3v) is 5.15. The van der Waals surface area contributed by atoms with Gasteiger partial charge in [0, 0.05) is 42.3 Å². The number of benzene rings is 1. The van der Waals surface area contributed by atoms with Crippen LogP contribution in [-0.2, 0) is 19.1 Å². The fourth-order valence-electron chi connectivity index (χ4n) is 2.89. The third-order valence-electron chi connectivity index (χ3n) is 4.41. The molecule has 2 aromatic rings. The van der Waals surface area contributed by atoms with Crippen LogP contribution in [0, 0.1) is 5.92 Å². The van der Waals surface area contributed by atoms with E-state index in [1.807, 2.05) is 30.3 Å². The van der Waals surface area contributed by atoms with Crippen LogP contribution in [0.3, 0.4) is 0 Å². The van der Waals surface area contributed by atoms with Gasteiger partial charge in [0.25, 0.3) is 5.91 Å². The molecule has 1 aliphatic rings. The summed E-state index contributed by atoms with van der Waals surface area (Å²) in [6.07, 6.45) is 5.62. The minimum atomic E-state index is -0.583. The Morgan fingerprint density at radius 3 is 2.64 bits per heavy atom. The molecule has 2 amide bonds. The van der Waals surface area contributed by atoms with Gasteiger partial charge in [-0.15, -0.1) is 11.3 Å². The highest BCUT2D eigenvalue weighted by molar-refractivity contribution is 7.10. The highest BCUT2D eigenvalue weighted by Gasteiger charge is 2.27. The number of hydrogen-bond donors (Lipinski definition) is 1. The number of aromatic nitrogens is 1. The summed E-state index contributed by atoms with van der Waals surface area (Å²) in [6.45, 7) is 0.637. The molecule has 3 rings (SSSR count). The molecule has 0 bridgehead atoms. The number of thiazole rings is 1. The number of hydrogen-bond acceptors (Lipinski definition) is 6. The van der Waals surface area contributed by atoms with Crippen molar-refractivity contribution in [3.05, 3.63) is 53.0 Å². The Labute approximate surface area is 167 Å². The maximum atomic E-state index is 12.3. The zero-order valence-electron chi connectivity index (χ0n) is 15.2. The summed E-state index contributed by atoms with van der Waals surface area (Å²) < 4.78 is 4.99. The molecule has 1 aromatic carbocycles. The standard InChI is InChI=1S/C20H21N3O4S/c24-18(14-27-19(25)7-6-17-21-10-13-28-17)23-11-8-15(9-12-23)20(26)22-16-4-2-1-3-5-16/h1-7,10,13,15H,8-9,11-12,14H2,(H,22,26)/b7-6+. The minimum absolute atomic E-state index is 0.0305. The monoisotopic (exact) mass is 399 g/mol. The zero-order valence-corrected chi connectivity index (χ0v) is 16.1. The van der Waals surface area contributed by atoms with Crippen molar-refractivity contribution in [3.8, 4) is 0 Å². The van der Waals surface area contributed by atoms with Crippen molar-refractivity contribution in [2.24, 2.45) is 5.92 Å². The van der Waals surface area contributed by atoms with E-state index >= 15 is 0 Å². The Morgan fingerprint density at radius 2 is 1.96 bits per heavy atom. The van der Waals surface area contributed by atoms with Crippen molar-refractivity contribution < 1.29 is 19.1 Å². The van der Waals surface area contributed by atoms with Crippen LogP contribution in [0.25, 0.3) is 6.08 Å². The molecule has 7 nitrogen and oxygen atoms in total. The third kappa shape index (κ3) is 5.75. The van der Waals surface area contributed by atoms with Crippen molar-refractivity contribution >= 4 is 40.9 Å². The summed E-state index contributed by atoms with van der Waals surface area (Å²) >= 11 is 1.40. The first-order valence-corrected chi connectivity index (χ1v) is 9.88. The number of nitrogens with one attached hydrogen (secondary N) is 1. The van der Waals surface area contributed by atoms with Gasteiger partial charge < -0.3 is 15.0 Å². The molecule has 2 heterocycles. The summed E-state index contributed by atoms with van der Waals surface area (Å²) in [7, 11) is 0. The fraction of sp³-hybridized carbons (Fsp3) is 0.300. The highest BCUT2D eigenvalue weighted by atomic mass is 32.1. The quantitative estimate of drug-likeness (QED) is 0.596. The smallest absolute Gasteiger partial charge is 0.331 e. The van der Waals surface area contributed by atoms with Gasteiger partial charge in [-0.25, -0.2) is 9.78 Å². The Morgan fingerprint density at radius 1 is 1.21 bits per heavy atom. The number of carbonyl (C=O) groups is 3. The predicted molar refractivity (Wildman–Crippen MR) is 106 cm³/mol. The Balaban J connectivity index is 1.38. The fourth-order valence-corrected chi connectivity index (χ4v) is 3.41. The first-order valence-electron chi connectivity index (χ1n) is 9.00. The number of nitrogens with zero attached hydrogens (tertiary/aromatic N) is 2. The van der Waals surface area contributed by atoms with Gasteiger partial charge in [-0.1, -0.05) is 18.2 Å². The van der Waals surface area contributed by atoms with Crippen LogP contribution in [-0.4, -0.2) is 47.4 Å². The first kappa shape index (κ1) is 19.8. The topological polar surface area (TPSA) is 88.6 Å². The van der Waals surface area contributed by atoms with E-state index in [1.165, 1.54) is 17.4 Å². The first-order chi connectivity index (χ1) is 13.6. The van der Waals surface area contributed by atoms with Crippen LogP contribution in [0.4, 0.5) is 5.69 Å². The zero-order chi connectivity index (χ0) is 19.8. The van der Waals surface area contributed by atoms with E-state index in [4.69, 9.17) is 4.74 Å². The number of carbonyl (C=O) groups excluding carboxylic acids is 3. The van der Waals surface area contributed by atoms with Crippen molar-refractivity contribution in [3.63, 3.8) is 0 Å². The van der Waals surface area contributed by atoms with E-state index < -0.39 is 5.97 Å². The normalized spacial score (nSPS) is 14.8. The van der Waals surface area contributed by atoms with Gasteiger partial charge >= 0.3 is 5.97 Å². The molecule has 1 saturated heterocycles. The van der Waals surface area contributed by atoms with E-state index in [-0.39, 0.29) is 24.3 Å². The lowest BCUT2D eigenvalue weighted by molar-refractivity contribution is -0.149. The van der Waals surface area contributed by atoms with E-state index in [9.17, 15) is 14.4 Å². The molecule has 146 valence electrons. The second kappa shape index (κ2) is 9.80. The maximum Gasteiger partial charge on any atom is 0.331 e. The number of piperidine rings is 1. The van der Waals surface area contributed by atoms with Gasteiger partial charge in [0.05, 0.1) is 0 Å². The van der Waals surface area contributed by atoms with Crippen LogP contribution in [0.1, 0.15) is 17.8 Å². The molecule has 0 saturated carbocycles. The second-order valence-electron chi connectivity index (χ2n) is 6.32. The Kier molecular flexibility index (Phi) is 6.91. The van der Waals surface area contributed by atoms with Crippen LogP contribution in [0.5, 0.6) is 0 Å². The average Bonchev–Trinajstić information content (AvgIpc) is 3.25. The average molecular weight is 399 g/mol. The van der Waals surface area contributed by atoms with Crippen molar-refractivity contribution in [2.45, 2.75) is 12.8 Å². The van der Waals surface area contributed by atoms with Crippen LogP contribution in [0.2, 0.25) is 0 Å². The van der Waals surface area contributed by atoms with E-state index in [2.05, 4.69) is 10.3 Å². The molecular formula is C20H21N3O4S. The van der Waals surface area contributed by atoms with Gasteiger partial charge in [-0.05, 0) is 31.1 Å². The molecule has 0 atom stereocenters. The molecular weight excluding hydrogens is 378 g/mol. The molecule has 1 aromatic heterocycles. The molecule has 0 aliphatic carbocycles. The Hall–Kier alpha value is -3.00. The van der Waals surface area contributed by atoms with Crippen molar-refractivity contribution in [1.82, 2.24) is 9.88 Å². The highest BCUT2D eigenvalue weighted by Crippen LogP contribution is 2.19. The summed E-state index contributed by atoms with van der Waals surface area (Å²) in [5.41, 5.74) is 0.767. The van der Waals surface area contributed by atoms with Gasteiger partial charge in [-0.3, -0.25) is 9.59 Å². The van der Waals surface area contributed by atoms with E-state index in [1.54, 1.807) is 22.6 Å². The Bertz CT molecular complexity index is 828. The second-order valence-corrected chi connectivity index (χ2v) is 7.25. The summed E-state index contributed by atoms with van der Waals surface area (Å²) in [5.74, 6) is -0.997. The van der Waals surface area contributed by atoms with Gasteiger partial charge in [0.15, 0.2) is 6.61 Å². The molecule has 0 radical (unpaired) electrons. The number of ether oxygens (including phenoxy) is 1. The van der Waals surface area contributed by atoms with Gasteiger partial charge in [0.1, 0.15) is 5.01 Å². The summed E-state index contributed by atoms with van der Waals surface area (Å²) in [6, 6.07) is 9.30. The molecule has 1 fully saturated rings. The lowest BCUT2D eigenvalue weighted by atomic mass is 9.95. The summed E-state index contributed by atoms with van der Waals surface area (Å²) in [4.78, 5) is 41.9. The number of esters is 1. The van der Waals surface area contributed by atoms with Crippen molar-refractivity contribution in [2.75, 3.05) is 25.0 Å². The van der Waals surface area contributed by atoms with Crippen LogP contribution >= 0.6 is 11.3 Å². The lowest BCUT2D eigenvalue weighted by Crippen LogP contribution is -2.43. The molecule has 1 aliphatic heterocycles. The maximum absolute atomic E-state index is 12.3. The largest absolute Gasteiger partial charge is 0.452 e. The number of likely N-dealkylation sites (tertiary alicyclic amines) is 1. The summed E-state index contributed by atoms with van der Waals surface area (Å²) in [5, 5.41) is 5.40. The van der Waals surface area contributed by atoms with E-state index in [0.29, 0.717) is 30.9 Å². The van der Waals surface area contributed by atoms with E-state index in [0.717, 1.165) is 5.69 Å². The van der Waals surface area contributed by atoms with Crippen LogP contribution in [0.15, 0.2) is 48.0 Å². The minimum Gasteiger partial charge on any atom is -0.452 e. The molecule has 8 heteroatoms. The number of amides is 2. The molecule has 28 heavy (non-hydrogen) atoms. The number of anilines is 1. The van der Waals surface area contributed by atoms with Crippen molar-refractivity contribution in [1.29, 1.82) is 0 Å². The lowest BCUT2D eigenvalue weighted by Gasteiger charge is -2.31. The SMILES string of the molecule is O=C(/C=C/c1nccs1)OCC(=O)N1CCC(C(=O)Nc2ccccc2)CC1. The molecule has 1 N–H and O–H groups in total.